The average molecular weight is 376 g/mol. The van der Waals surface area contributed by atoms with Gasteiger partial charge in [-0.15, -0.1) is 0 Å². The first-order valence-corrected chi connectivity index (χ1v) is 8.46. The summed E-state index contributed by atoms with van der Waals surface area (Å²) < 4.78 is 0.862. The summed E-state index contributed by atoms with van der Waals surface area (Å²) >= 11 is 3.51. The van der Waals surface area contributed by atoms with Gasteiger partial charge in [-0.3, -0.25) is 5.10 Å². The molecular formula is C15H18BrN7. The second kappa shape index (κ2) is 6.11. The van der Waals surface area contributed by atoms with Crippen molar-refractivity contribution in [1.82, 2.24) is 26.1 Å². The Labute approximate surface area is 142 Å². The quantitative estimate of drug-likeness (QED) is 0.541. The van der Waals surface area contributed by atoms with Crippen LogP contribution in [0.2, 0.25) is 0 Å². The number of hydrogen-bond acceptors (Lipinski definition) is 6. The van der Waals surface area contributed by atoms with E-state index in [1.165, 1.54) is 18.5 Å². The van der Waals surface area contributed by atoms with Crippen LogP contribution in [0.3, 0.4) is 0 Å². The van der Waals surface area contributed by atoms with Crippen molar-refractivity contribution < 1.29 is 0 Å². The van der Waals surface area contributed by atoms with Gasteiger partial charge < -0.3 is 21.3 Å². The molecule has 1 aromatic rings. The van der Waals surface area contributed by atoms with E-state index in [2.05, 4.69) is 64.5 Å². The fraction of sp³-hybridized carbons (Fsp3) is 0.333. The van der Waals surface area contributed by atoms with Crippen molar-refractivity contribution in [3.8, 4) is 0 Å². The van der Waals surface area contributed by atoms with Gasteiger partial charge in [-0.25, -0.2) is 4.99 Å². The summed E-state index contributed by atoms with van der Waals surface area (Å²) in [6, 6.07) is 2.07. The Bertz CT molecular complexity index is 711. The number of rotatable bonds is 5. The summed E-state index contributed by atoms with van der Waals surface area (Å²) in [6.07, 6.45) is 10.0. The number of anilines is 1. The first kappa shape index (κ1) is 14.4. The maximum Gasteiger partial charge on any atom is 0.195 e. The van der Waals surface area contributed by atoms with E-state index in [9.17, 15) is 0 Å². The zero-order valence-electron chi connectivity index (χ0n) is 12.4. The number of halogens is 1. The van der Waals surface area contributed by atoms with Crippen molar-refractivity contribution in [2.24, 2.45) is 4.99 Å². The highest BCUT2D eigenvalue weighted by atomic mass is 79.9. The lowest BCUT2D eigenvalue weighted by Gasteiger charge is -2.25. The fourth-order valence-corrected chi connectivity index (χ4v) is 2.80. The van der Waals surface area contributed by atoms with Crippen LogP contribution in [0.1, 0.15) is 24.5 Å². The fourth-order valence-electron chi connectivity index (χ4n) is 2.47. The summed E-state index contributed by atoms with van der Waals surface area (Å²) in [4.78, 5) is 4.42. The number of allylic oxidation sites excluding steroid dienone is 2. The molecule has 8 heteroatoms. The van der Waals surface area contributed by atoms with Gasteiger partial charge in [-0.05, 0) is 47.1 Å². The Kier molecular flexibility index (Phi) is 3.82. The normalized spacial score (nSPS) is 23.2. The van der Waals surface area contributed by atoms with Crippen molar-refractivity contribution >= 4 is 28.0 Å². The third-order valence-electron chi connectivity index (χ3n) is 3.85. The minimum Gasteiger partial charge on any atom is -0.387 e. The van der Waals surface area contributed by atoms with E-state index in [1.807, 2.05) is 12.3 Å². The lowest BCUT2D eigenvalue weighted by molar-refractivity contribution is 0.524. The predicted molar refractivity (Wildman–Crippen MR) is 93.9 cm³/mol. The summed E-state index contributed by atoms with van der Waals surface area (Å²) in [5, 5.41) is 20.5. The molecule has 1 atom stereocenters. The van der Waals surface area contributed by atoms with Gasteiger partial charge in [-0.2, -0.15) is 5.10 Å². The Balaban J connectivity index is 1.41. The molecule has 5 N–H and O–H groups in total. The minimum atomic E-state index is -0.227. The third kappa shape index (κ3) is 3.42. The lowest BCUT2D eigenvalue weighted by Crippen LogP contribution is -2.44. The molecule has 0 saturated heterocycles. The second-order valence-corrected chi connectivity index (χ2v) is 6.56. The van der Waals surface area contributed by atoms with E-state index in [4.69, 9.17) is 0 Å². The Morgan fingerprint density at radius 3 is 3.00 bits per heavy atom. The van der Waals surface area contributed by atoms with Crippen LogP contribution in [0.4, 0.5) is 5.82 Å². The monoisotopic (exact) mass is 375 g/mol. The van der Waals surface area contributed by atoms with Crippen LogP contribution in [0.25, 0.3) is 0 Å². The number of aromatic nitrogens is 2. The molecular weight excluding hydrogens is 358 g/mol. The molecule has 1 saturated carbocycles. The number of aliphatic imine (C=N–C) groups is 1. The van der Waals surface area contributed by atoms with E-state index >= 15 is 0 Å². The zero-order valence-corrected chi connectivity index (χ0v) is 14.0. The standard InChI is InChI=1S/C15H18BrN7/c16-11-8-18-15(19-10-3-5-17-6-4-10)21-14(11)20-13-7-12(22-23-13)9-1-2-9/h3-5,7-9,15,17,19,21H,1-2,6H2,(H2,20,22,23). The van der Waals surface area contributed by atoms with Gasteiger partial charge in [0.05, 0.1) is 4.48 Å². The second-order valence-electron chi connectivity index (χ2n) is 5.70. The maximum atomic E-state index is 4.42. The van der Waals surface area contributed by atoms with Crippen LogP contribution >= 0.6 is 15.9 Å². The number of nitrogens with one attached hydrogen (secondary N) is 5. The van der Waals surface area contributed by atoms with Gasteiger partial charge in [0.25, 0.3) is 0 Å². The van der Waals surface area contributed by atoms with Gasteiger partial charge >= 0.3 is 0 Å². The lowest BCUT2D eigenvalue weighted by atomic mass is 10.3. The summed E-state index contributed by atoms with van der Waals surface area (Å²) in [6.45, 7) is 0.817. The molecule has 0 bridgehead atoms. The number of nitrogens with zero attached hydrogens (tertiary/aromatic N) is 2. The molecule has 1 aliphatic carbocycles. The van der Waals surface area contributed by atoms with Crippen LogP contribution in [-0.2, 0) is 0 Å². The molecule has 3 heterocycles. The molecule has 0 amide bonds. The van der Waals surface area contributed by atoms with Gasteiger partial charge in [-0.1, -0.05) is 0 Å². The van der Waals surface area contributed by atoms with Crippen LogP contribution in [-0.4, -0.2) is 29.2 Å². The number of hydrogen-bond donors (Lipinski definition) is 5. The molecule has 3 aliphatic rings. The highest BCUT2D eigenvalue weighted by Gasteiger charge is 2.26. The zero-order chi connectivity index (χ0) is 15.6. The maximum absolute atomic E-state index is 4.42. The first-order valence-electron chi connectivity index (χ1n) is 7.66. The highest BCUT2D eigenvalue weighted by Crippen LogP contribution is 2.39. The molecule has 1 fully saturated rings. The van der Waals surface area contributed by atoms with Gasteiger partial charge in [0.1, 0.15) is 5.82 Å². The van der Waals surface area contributed by atoms with E-state index in [0.717, 1.165) is 28.4 Å². The van der Waals surface area contributed by atoms with Crippen LogP contribution in [0, 0.1) is 0 Å². The molecule has 0 radical (unpaired) electrons. The molecule has 23 heavy (non-hydrogen) atoms. The van der Waals surface area contributed by atoms with Crippen molar-refractivity contribution in [3.63, 3.8) is 0 Å². The molecule has 0 spiro atoms. The Hall–Kier alpha value is -2.22. The Morgan fingerprint density at radius 2 is 2.22 bits per heavy atom. The molecule has 7 nitrogen and oxygen atoms in total. The van der Waals surface area contributed by atoms with Crippen molar-refractivity contribution in [2.75, 3.05) is 11.9 Å². The van der Waals surface area contributed by atoms with Crippen molar-refractivity contribution in [2.45, 2.75) is 25.0 Å². The summed E-state index contributed by atoms with van der Waals surface area (Å²) in [5.74, 6) is 2.30. The highest BCUT2D eigenvalue weighted by molar-refractivity contribution is 9.12. The van der Waals surface area contributed by atoms with Gasteiger partial charge in [0.15, 0.2) is 12.1 Å². The number of dihydropyridines is 1. The number of aromatic amines is 1. The smallest absolute Gasteiger partial charge is 0.195 e. The largest absolute Gasteiger partial charge is 0.387 e. The molecule has 120 valence electrons. The van der Waals surface area contributed by atoms with Crippen LogP contribution in [0.5, 0.6) is 0 Å². The topological polar surface area (TPSA) is 89.2 Å². The van der Waals surface area contributed by atoms with Crippen LogP contribution in [0.15, 0.2) is 45.4 Å². The van der Waals surface area contributed by atoms with Crippen molar-refractivity contribution in [3.05, 3.63) is 46.1 Å². The molecule has 1 unspecified atom stereocenters. The van der Waals surface area contributed by atoms with E-state index in [1.54, 1.807) is 6.21 Å². The van der Waals surface area contributed by atoms with E-state index < -0.39 is 0 Å². The van der Waals surface area contributed by atoms with Gasteiger partial charge in [0.2, 0.25) is 0 Å². The Morgan fingerprint density at radius 1 is 1.30 bits per heavy atom. The predicted octanol–water partition coefficient (Wildman–Crippen LogP) is 1.81. The minimum absolute atomic E-state index is 0.227. The van der Waals surface area contributed by atoms with Gasteiger partial charge in [0, 0.05) is 36.1 Å². The molecule has 4 rings (SSSR count). The van der Waals surface area contributed by atoms with Crippen molar-refractivity contribution in [1.29, 1.82) is 0 Å². The third-order valence-corrected chi connectivity index (χ3v) is 4.45. The summed E-state index contributed by atoms with van der Waals surface area (Å²) in [5.41, 5.74) is 2.24. The number of H-pyrrole nitrogens is 1. The van der Waals surface area contributed by atoms with E-state index in [0.29, 0.717) is 5.92 Å². The molecule has 2 aliphatic heterocycles. The van der Waals surface area contributed by atoms with E-state index in [-0.39, 0.29) is 6.29 Å². The SMILES string of the molecule is BrC1=C(Nc2cc(C3CC3)[nH]n2)NC(NC2=CCNC=C2)N=C1. The molecule has 0 aromatic carbocycles. The molecule has 1 aromatic heterocycles. The summed E-state index contributed by atoms with van der Waals surface area (Å²) in [7, 11) is 0. The first-order chi connectivity index (χ1) is 11.3. The van der Waals surface area contributed by atoms with Crippen LogP contribution < -0.4 is 21.3 Å². The average Bonchev–Trinajstić information content (AvgIpc) is 3.32.